The fourth-order valence-corrected chi connectivity index (χ4v) is 10.6. The van der Waals surface area contributed by atoms with E-state index in [1.54, 1.807) is 0 Å². The molecule has 0 bridgehead atoms. The van der Waals surface area contributed by atoms with Crippen molar-refractivity contribution in [3.63, 3.8) is 0 Å². The maximum Gasteiger partial charge on any atom is 0.136 e. The predicted molar refractivity (Wildman–Crippen MR) is 247 cm³/mol. The third-order valence-electron chi connectivity index (χ3n) is 12.9. The summed E-state index contributed by atoms with van der Waals surface area (Å²) in [4.78, 5) is 0. The minimum absolute atomic E-state index is 0.893. The molecule has 0 aliphatic heterocycles. The first-order valence-electron chi connectivity index (χ1n) is 20.3. The highest BCUT2D eigenvalue weighted by Gasteiger charge is 2.25. The zero-order valence-corrected chi connectivity index (χ0v) is 31.7. The highest BCUT2D eigenvalue weighted by molar-refractivity contribution is 6.31. The third kappa shape index (κ3) is 4.06. The Labute approximate surface area is 336 Å². The second-order valence-electron chi connectivity index (χ2n) is 15.9. The Morgan fingerprint density at radius 3 is 1.34 bits per heavy atom. The van der Waals surface area contributed by atoms with Crippen LogP contribution in [0.2, 0.25) is 0 Å². The zero-order valence-electron chi connectivity index (χ0n) is 31.7. The molecule has 0 atom stereocenters. The summed E-state index contributed by atoms with van der Waals surface area (Å²) in [5.41, 5.74) is 14.5. The van der Waals surface area contributed by atoms with E-state index in [0.29, 0.717) is 0 Å². The molecule has 0 saturated carbocycles. The number of hydrogen-bond acceptors (Lipinski definition) is 2. The van der Waals surface area contributed by atoms with Crippen LogP contribution in [0.4, 0.5) is 0 Å². The van der Waals surface area contributed by atoms with E-state index in [9.17, 15) is 0 Å². The molecule has 0 amide bonds. The lowest BCUT2D eigenvalue weighted by atomic mass is 9.84. The number of rotatable bonds is 3. The minimum Gasteiger partial charge on any atom is -0.456 e. The maximum absolute atomic E-state index is 6.46. The normalized spacial score (nSPS) is 12.4. The molecule has 0 unspecified atom stereocenters. The van der Waals surface area contributed by atoms with E-state index in [1.807, 2.05) is 12.1 Å². The Hall–Kier alpha value is -7.88. The number of aromatic nitrogens is 1. The molecule has 10 aromatic carbocycles. The van der Waals surface area contributed by atoms with Gasteiger partial charge in [-0.15, -0.1) is 0 Å². The molecule has 4 aromatic heterocycles. The van der Waals surface area contributed by atoms with E-state index in [2.05, 4.69) is 180 Å². The van der Waals surface area contributed by atoms with E-state index in [4.69, 9.17) is 8.83 Å². The first-order valence-corrected chi connectivity index (χ1v) is 20.3. The summed E-state index contributed by atoms with van der Waals surface area (Å²) in [6.45, 7) is 0. The Balaban J connectivity index is 1.19. The fourth-order valence-electron chi connectivity index (χ4n) is 10.6. The smallest absolute Gasteiger partial charge is 0.136 e. The van der Waals surface area contributed by atoms with Gasteiger partial charge in [-0.25, -0.2) is 0 Å². The van der Waals surface area contributed by atoms with Crippen LogP contribution >= 0.6 is 0 Å². The number of para-hydroxylation sites is 4. The summed E-state index contributed by atoms with van der Waals surface area (Å²) in [6.07, 6.45) is 0. The molecule has 0 spiro atoms. The highest BCUT2D eigenvalue weighted by Crippen LogP contribution is 2.50. The van der Waals surface area contributed by atoms with Crippen molar-refractivity contribution >= 4 is 104 Å². The number of benzene rings is 10. The fraction of sp³-hybridized carbons (Fsp3) is 0. The summed E-state index contributed by atoms with van der Waals surface area (Å²) in [5, 5.41) is 14.4. The molecule has 4 heterocycles. The maximum atomic E-state index is 6.46. The van der Waals surface area contributed by atoms with Crippen molar-refractivity contribution < 1.29 is 8.83 Å². The van der Waals surface area contributed by atoms with E-state index in [1.165, 1.54) is 81.9 Å². The topological polar surface area (TPSA) is 30.7 Å². The van der Waals surface area contributed by atoms with Crippen LogP contribution < -0.4 is 0 Å². The molecule has 0 saturated heterocycles. The molecule has 0 N–H and O–H groups in total. The first kappa shape index (κ1) is 31.2. The minimum atomic E-state index is 0.893. The standard InChI is InChI=1S/C56H31NO2/c1-5-23-46-34(13-1)39-29-30-43(55-40-14-2-6-24-47(40)57(46)56(39)55)52-37-19-9-17-32(35-21-11-27-50-53(35)41-15-3-7-25-48(41)58-50)44(37)31-45-33(18-10-20-38(45)52)36-22-12-28-51-54(36)42-16-4-8-26-49(42)59-51/h1-31H. The number of hydrogen-bond donors (Lipinski definition) is 0. The monoisotopic (exact) mass is 749 g/mol. The number of nitrogens with zero attached hydrogens (tertiary/aromatic N) is 1. The van der Waals surface area contributed by atoms with Crippen molar-refractivity contribution in [3.8, 4) is 33.4 Å². The summed E-state index contributed by atoms with van der Waals surface area (Å²) >= 11 is 0. The van der Waals surface area contributed by atoms with Crippen molar-refractivity contribution in [2.24, 2.45) is 0 Å². The van der Waals surface area contributed by atoms with Crippen LogP contribution in [0, 0.1) is 0 Å². The summed E-state index contributed by atoms with van der Waals surface area (Å²) in [7, 11) is 0. The van der Waals surface area contributed by atoms with Gasteiger partial charge in [0.15, 0.2) is 0 Å². The Morgan fingerprint density at radius 2 is 0.729 bits per heavy atom. The molecule has 14 aromatic rings. The molecule has 3 heteroatoms. The van der Waals surface area contributed by atoms with Crippen molar-refractivity contribution in [1.82, 2.24) is 4.40 Å². The van der Waals surface area contributed by atoms with Crippen LogP contribution in [-0.2, 0) is 0 Å². The van der Waals surface area contributed by atoms with Gasteiger partial charge in [0.1, 0.15) is 22.3 Å². The molecule has 272 valence electrons. The van der Waals surface area contributed by atoms with E-state index >= 15 is 0 Å². The molecule has 0 fully saturated rings. The van der Waals surface area contributed by atoms with Crippen molar-refractivity contribution in [2.75, 3.05) is 0 Å². The lowest BCUT2D eigenvalue weighted by molar-refractivity contribution is 0.668. The molecule has 0 aliphatic rings. The van der Waals surface area contributed by atoms with Crippen LogP contribution in [0.25, 0.3) is 137 Å². The molecule has 0 radical (unpaired) electrons. The summed E-state index contributed by atoms with van der Waals surface area (Å²) in [6, 6.07) is 68.4. The lowest BCUT2D eigenvalue weighted by Crippen LogP contribution is -1.92. The van der Waals surface area contributed by atoms with Crippen LogP contribution in [0.5, 0.6) is 0 Å². The number of furan rings is 2. The Kier molecular flexibility index (Phi) is 6.02. The molecular weight excluding hydrogens is 719 g/mol. The second-order valence-corrected chi connectivity index (χ2v) is 15.9. The van der Waals surface area contributed by atoms with Crippen LogP contribution in [0.1, 0.15) is 0 Å². The average Bonchev–Trinajstić information content (AvgIpc) is 4.05. The van der Waals surface area contributed by atoms with E-state index in [-0.39, 0.29) is 0 Å². The van der Waals surface area contributed by atoms with Crippen LogP contribution in [0.15, 0.2) is 197 Å². The molecule has 3 nitrogen and oxygen atoms in total. The van der Waals surface area contributed by atoms with Gasteiger partial charge in [0.25, 0.3) is 0 Å². The number of fused-ring (bicyclic) bond motifs is 14. The second kappa shape index (κ2) is 11.4. The van der Waals surface area contributed by atoms with Gasteiger partial charge in [0.05, 0.1) is 16.6 Å². The quantitative estimate of drug-likeness (QED) is 0.168. The van der Waals surface area contributed by atoms with Gasteiger partial charge < -0.3 is 13.2 Å². The Morgan fingerprint density at radius 1 is 0.271 bits per heavy atom. The van der Waals surface area contributed by atoms with E-state index < -0.39 is 0 Å². The lowest BCUT2D eigenvalue weighted by Gasteiger charge is -2.19. The summed E-state index contributed by atoms with van der Waals surface area (Å²) in [5.74, 6) is 0. The van der Waals surface area contributed by atoms with Gasteiger partial charge in [-0.05, 0) is 97.4 Å². The molecule has 14 rings (SSSR count). The largest absolute Gasteiger partial charge is 0.456 e. The average molecular weight is 750 g/mol. The van der Waals surface area contributed by atoms with Crippen molar-refractivity contribution in [1.29, 1.82) is 0 Å². The Bertz CT molecular complexity index is 3910. The van der Waals surface area contributed by atoms with Gasteiger partial charge in [-0.2, -0.15) is 0 Å². The molecule has 0 aliphatic carbocycles. The van der Waals surface area contributed by atoms with Crippen molar-refractivity contribution in [2.45, 2.75) is 0 Å². The van der Waals surface area contributed by atoms with Gasteiger partial charge in [0.2, 0.25) is 0 Å². The molecular formula is C56H31NO2. The first-order chi connectivity index (χ1) is 29.3. The van der Waals surface area contributed by atoms with Crippen molar-refractivity contribution in [3.05, 3.63) is 188 Å². The van der Waals surface area contributed by atoms with Gasteiger partial charge in [0, 0.05) is 43.1 Å². The summed E-state index contributed by atoms with van der Waals surface area (Å²) < 4.78 is 15.4. The van der Waals surface area contributed by atoms with Gasteiger partial charge >= 0.3 is 0 Å². The predicted octanol–water partition coefficient (Wildman–Crippen LogP) is 15.9. The SMILES string of the molecule is c1ccc2c(c1)oc1cccc(-c3cccc4c(-c5ccc6c7ccccc7n7c8ccccc8c5c67)c5cccc(-c6cccc7oc8ccccc8c67)c5cc34)c12. The third-order valence-corrected chi connectivity index (χ3v) is 12.9. The van der Waals surface area contributed by atoms with Gasteiger partial charge in [-0.1, -0.05) is 146 Å². The van der Waals surface area contributed by atoms with E-state index in [0.717, 1.165) is 55.0 Å². The van der Waals surface area contributed by atoms with Gasteiger partial charge in [-0.3, -0.25) is 0 Å². The highest BCUT2D eigenvalue weighted by atomic mass is 16.3. The zero-order chi connectivity index (χ0) is 38.3. The van der Waals surface area contributed by atoms with Crippen LogP contribution in [0.3, 0.4) is 0 Å². The van der Waals surface area contributed by atoms with Crippen LogP contribution in [-0.4, -0.2) is 4.40 Å². The molecule has 59 heavy (non-hydrogen) atoms.